The quantitative estimate of drug-likeness (QED) is 0.137. The molecule has 1 heterocycles. The summed E-state index contributed by atoms with van der Waals surface area (Å²) in [5, 5.41) is 8.46. The van der Waals surface area contributed by atoms with E-state index in [1.807, 2.05) is 6.92 Å². The third-order valence-corrected chi connectivity index (χ3v) is 8.89. The number of nitrogens with zero attached hydrogens (tertiary/aromatic N) is 1. The number of unbranched alkanes of at least 4 members (excludes halogenated alkanes) is 1. The number of alkyl halides is 3. The minimum atomic E-state index is -4.58. The fourth-order valence-electron chi connectivity index (χ4n) is 5.43. The molecule has 3 N–H and O–H groups in total. The normalized spacial score (nSPS) is 16.4. The molecule has 3 amide bonds. The van der Waals surface area contributed by atoms with Gasteiger partial charge in [0.2, 0.25) is 17.7 Å². The third-order valence-electron chi connectivity index (χ3n) is 7.95. The van der Waals surface area contributed by atoms with Gasteiger partial charge in [-0.15, -0.1) is 0 Å². The second kappa shape index (κ2) is 15.1. The van der Waals surface area contributed by atoms with E-state index in [0.29, 0.717) is 42.3 Å². The van der Waals surface area contributed by atoms with Crippen molar-refractivity contribution in [3.63, 3.8) is 0 Å². The zero-order valence-electron chi connectivity index (χ0n) is 25.9. The fourth-order valence-corrected chi connectivity index (χ4v) is 6.31. The van der Waals surface area contributed by atoms with Gasteiger partial charge in [0.25, 0.3) is 0 Å². The second-order valence-electron chi connectivity index (χ2n) is 11.6. The summed E-state index contributed by atoms with van der Waals surface area (Å²) in [6, 6.07) is 10.2. The number of halogens is 5. The molecule has 0 aliphatic heterocycles. The highest BCUT2D eigenvalue weighted by Crippen LogP contribution is 2.36. The summed E-state index contributed by atoms with van der Waals surface area (Å²) in [6.45, 7) is 2.03. The van der Waals surface area contributed by atoms with E-state index in [1.54, 1.807) is 0 Å². The largest absolute Gasteiger partial charge is 0.454 e. The predicted molar refractivity (Wildman–Crippen MR) is 172 cm³/mol. The molecule has 1 aromatic heterocycles. The van der Waals surface area contributed by atoms with Crippen LogP contribution < -0.4 is 20.7 Å². The van der Waals surface area contributed by atoms with Crippen molar-refractivity contribution in [2.45, 2.75) is 70.5 Å². The molecular weight excluding hydrogens is 655 g/mol. The summed E-state index contributed by atoms with van der Waals surface area (Å²) >= 11 is 1.12. The Morgan fingerprint density at radius 1 is 0.938 bits per heavy atom. The van der Waals surface area contributed by atoms with Crippen molar-refractivity contribution in [3.8, 4) is 11.5 Å². The Morgan fingerprint density at radius 3 is 2.44 bits per heavy atom. The van der Waals surface area contributed by atoms with Crippen LogP contribution in [0.1, 0.15) is 63.0 Å². The molecule has 0 bridgehead atoms. The number of ether oxygens (including phenoxy) is 1. The number of hydrogen-bond acceptors (Lipinski definition) is 6. The molecule has 48 heavy (non-hydrogen) atoms. The maximum Gasteiger partial charge on any atom is 0.416 e. The first-order valence-corrected chi connectivity index (χ1v) is 16.3. The smallest absolute Gasteiger partial charge is 0.416 e. The Balaban J connectivity index is 1.19. The van der Waals surface area contributed by atoms with Crippen molar-refractivity contribution >= 4 is 50.1 Å². The number of hydrogen-bond donors (Lipinski definition) is 3. The Bertz CT molecular complexity index is 1800. The van der Waals surface area contributed by atoms with Gasteiger partial charge in [-0.05, 0) is 55.9 Å². The van der Waals surface area contributed by atoms with Crippen LogP contribution in [0.3, 0.4) is 0 Å². The average molecular weight is 689 g/mol. The molecule has 1 saturated carbocycles. The van der Waals surface area contributed by atoms with Crippen molar-refractivity contribution in [1.29, 1.82) is 0 Å². The number of amides is 3. The number of rotatable bonds is 11. The lowest BCUT2D eigenvalue weighted by molar-refractivity contribution is -0.137. The summed E-state index contributed by atoms with van der Waals surface area (Å²) in [5.41, 5.74) is -0.838. The zero-order valence-corrected chi connectivity index (χ0v) is 26.7. The van der Waals surface area contributed by atoms with Gasteiger partial charge in [-0.25, -0.2) is 13.8 Å². The van der Waals surface area contributed by atoms with Crippen molar-refractivity contribution in [3.05, 3.63) is 77.4 Å². The molecule has 1 fully saturated rings. The van der Waals surface area contributed by atoms with E-state index in [1.165, 1.54) is 24.3 Å². The Hall–Kier alpha value is -4.59. The van der Waals surface area contributed by atoms with Crippen molar-refractivity contribution in [2.24, 2.45) is 5.92 Å². The minimum Gasteiger partial charge on any atom is -0.454 e. The standard InChI is InChI=1S/C34H33F5N4O4S/c1-2-3-7-30(44)40-22-10-8-20(9-11-22)32(46)43-33-42-27-17-25(36)28(18-29(27)48-33)47-23-12-13-24(35)26(16-23)41-31(45)15-19-5-4-6-21(14-19)34(37,38)39/h4-6,12-14,16-18,20,22H,2-3,7-11,15H2,1H3,(H,40,44)(H,41,45)(H,42,43,46). The molecule has 0 atom stereocenters. The van der Waals surface area contributed by atoms with Gasteiger partial charge in [-0.1, -0.05) is 42.9 Å². The third kappa shape index (κ3) is 9.06. The second-order valence-corrected chi connectivity index (χ2v) is 12.7. The molecule has 1 aliphatic rings. The van der Waals surface area contributed by atoms with Crippen molar-refractivity contribution in [1.82, 2.24) is 10.3 Å². The number of benzene rings is 3. The summed E-state index contributed by atoms with van der Waals surface area (Å²) in [6.07, 6.45) is -0.0927. The van der Waals surface area contributed by atoms with Crippen LogP contribution in [0.15, 0.2) is 54.6 Å². The highest BCUT2D eigenvalue weighted by Gasteiger charge is 2.31. The van der Waals surface area contributed by atoms with Gasteiger partial charge in [0.15, 0.2) is 16.7 Å². The molecule has 0 unspecified atom stereocenters. The first kappa shape index (κ1) is 34.7. The molecule has 1 aliphatic carbocycles. The van der Waals surface area contributed by atoms with Crippen molar-refractivity contribution in [2.75, 3.05) is 10.6 Å². The van der Waals surface area contributed by atoms with Crippen LogP contribution in [0.25, 0.3) is 10.2 Å². The molecule has 3 aromatic carbocycles. The van der Waals surface area contributed by atoms with E-state index < -0.39 is 35.7 Å². The van der Waals surface area contributed by atoms with Gasteiger partial charge in [-0.3, -0.25) is 14.4 Å². The lowest BCUT2D eigenvalue weighted by Gasteiger charge is -2.28. The van der Waals surface area contributed by atoms with Crippen LogP contribution in [0, 0.1) is 17.6 Å². The van der Waals surface area contributed by atoms with E-state index in [9.17, 15) is 31.9 Å². The minimum absolute atomic E-state index is 0.0146. The van der Waals surface area contributed by atoms with Crippen LogP contribution in [-0.4, -0.2) is 28.7 Å². The number of thiazole rings is 1. The molecule has 0 radical (unpaired) electrons. The van der Waals surface area contributed by atoms with Gasteiger partial charge in [0.1, 0.15) is 11.6 Å². The lowest BCUT2D eigenvalue weighted by Crippen LogP contribution is -2.39. The molecule has 254 valence electrons. The molecule has 5 rings (SSSR count). The average Bonchev–Trinajstić information content (AvgIpc) is 3.42. The fraction of sp³-hybridized carbons (Fsp3) is 0.353. The summed E-state index contributed by atoms with van der Waals surface area (Å²) in [7, 11) is 0. The summed E-state index contributed by atoms with van der Waals surface area (Å²) < 4.78 is 74.7. The number of fused-ring (bicyclic) bond motifs is 1. The Labute approximate surface area is 277 Å². The predicted octanol–water partition coefficient (Wildman–Crippen LogP) is 8.37. The molecule has 4 aromatic rings. The van der Waals surface area contributed by atoms with Crippen LogP contribution in [-0.2, 0) is 27.0 Å². The molecule has 0 spiro atoms. The molecule has 8 nitrogen and oxygen atoms in total. The molecule has 0 saturated heterocycles. The number of aromatic nitrogens is 1. The van der Waals surface area contributed by atoms with E-state index in [4.69, 9.17) is 4.74 Å². The van der Waals surface area contributed by atoms with Crippen molar-refractivity contribution < 1.29 is 41.1 Å². The van der Waals surface area contributed by atoms with Crippen LogP contribution in [0.2, 0.25) is 0 Å². The Kier molecular flexibility index (Phi) is 10.9. The highest BCUT2D eigenvalue weighted by molar-refractivity contribution is 7.22. The number of carbonyl (C=O) groups excluding carboxylic acids is 3. The lowest BCUT2D eigenvalue weighted by atomic mass is 9.85. The Morgan fingerprint density at radius 2 is 1.71 bits per heavy atom. The van der Waals surface area contributed by atoms with E-state index in [2.05, 4.69) is 20.9 Å². The van der Waals surface area contributed by atoms with Crippen LogP contribution in [0.4, 0.5) is 32.8 Å². The zero-order chi connectivity index (χ0) is 34.4. The van der Waals surface area contributed by atoms with Gasteiger partial charge in [0, 0.05) is 36.6 Å². The summed E-state index contributed by atoms with van der Waals surface area (Å²) in [5.74, 6) is -3.00. The highest BCUT2D eigenvalue weighted by atomic mass is 32.1. The van der Waals surface area contributed by atoms with Gasteiger partial charge in [0.05, 0.1) is 27.9 Å². The van der Waals surface area contributed by atoms with Gasteiger partial charge >= 0.3 is 6.18 Å². The maximum absolute atomic E-state index is 15.0. The van der Waals surface area contributed by atoms with E-state index in [-0.39, 0.29) is 51.7 Å². The number of anilines is 2. The first-order chi connectivity index (χ1) is 22.9. The maximum atomic E-state index is 15.0. The summed E-state index contributed by atoms with van der Waals surface area (Å²) in [4.78, 5) is 41.8. The molecular formula is C34H33F5N4O4S. The number of carbonyl (C=O) groups is 3. The SMILES string of the molecule is CCCCC(=O)NC1CCC(C(=O)Nc2nc3cc(F)c(Oc4ccc(F)c(NC(=O)Cc5cccc(C(F)(F)F)c5)c4)cc3s2)CC1. The van der Waals surface area contributed by atoms with Gasteiger partial charge in [-0.2, -0.15) is 13.2 Å². The van der Waals surface area contributed by atoms with Gasteiger partial charge < -0.3 is 20.7 Å². The topological polar surface area (TPSA) is 109 Å². The monoisotopic (exact) mass is 688 g/mol. The molecule has 14 heteroatoms. The van der Waals surface area contributed by atoms with E-state index >= 15 is 4.39 Å². The van der Waals surface area contributed by atoms with E-state index in [0.717, 1.165) is 54.5 Å². The van der Waals surface area contributed by atoms with Crippen LogP contribution >= 0.6 is 11.3 Å². The number of nitrogens with one attached hydrogen (secondary N) is 3. The first-order valence-electron chi connectivity index (χ1n) is 15.5. The van der Waals surface area contributed by atoms with Crippen LogP contribution in [0.5, 0.6) is 11.5 Å².